The van der Waals surface area contributed by atoms with Crippen molar-refractivity contribution in [3.8, 4) is 17.2 Å². The molecule has 2 aromatic rings. The third kappa shape index (κ3) is 6.80. The molecule has 0 amide bonds. The molecule has 1 aliphatic heterocycles. The molecule has 5 nitrogen and oxygen atoms in total. The van der Waals surface area contributed by atoms with Crippen molar-refractivity contribution in [1.82, 2.24) is 10.2 Å². The molecule has 1 atom stereocenters. The maximum atomic E-state index is 14.2. The molecule has 1 aliphatic rings. The van der Waals surface area contributed by atoms with Crippen LogP contribution in [0.25, 0.3) is 0 Å². The molecule has 0 spiro atoms. The van der Waals surface area contributed by atoms with Crippen molar-refractivity contribution >= 4 is 24.8 Å². The van der Waals surface area contributed by atoms with Gasteiger partial charge in [-0.3, -0.25) is 4.90 Å². The Morgan fingerprint density at radius 1 is 0.935 bits per heavy atom. The second-order valence-electron chi connectivity index (χ2n) is 6.75. The minimum absolute atomic E-state index is 0. The molecule has 0 radical (unpaired) electrons. The van der Waals surface area contributed by atoms with Gasteiger partial charge in [-0.2, -0.15) is 13.2 Å². The highest BCUT2D eigenvalue weighted by atomic mass is 35.5. The molecule has 0 unspecified atom stereocenters. The van der Waals surface area contributed by atoms with Crippen LogP contribution in [-0.2, 0) is 6.61 Å². The number of nitrogens with one attached hydrogen (secondary N) is 1. The maximum absolute atomic E-state index is 14.2. The van der Waals surface area contributed by atoms with Gasteiger partial charge in [-0.25, -0.2) is 0 Å². The second-order valence-corrected chi connectivity index (χ2v) is 6.75. The van der Waals surface area contributed by atoms with Gasteiger partial charge in [0.15, 0.2) is 11.5 Å². The first-order valence-corrected chi connectivity index (χ1v) is 9.38. The van der Waals surface area contributed by atoms with E-state index in [-0.39, 0.29) is 61.6 Å². The van der Waals surface area contributed by atoms with E-state index < -0.39 is 12.2 Å². The number of methoxy groups -OCH3 is 2. The monoisotopic (exact) mass is 482 g/mol. The third-order valence-corrected chi connectivity index (χ3v) is 4.87. The maximum Gasteiger partial charge on any atom is 0.408 e. The van der Waals surface area contributed by atoms with Crippen LogP contribution >= 0.6 is 24.8 Å². The highest BCUT2D eigenvalue weighted by Gasteiger charge is 2.46. The van der Waals surface area contributed by atoms with E-state index in [0.29, 0.717) is 18.8 Å². The highest BCUT2D eigenvalue weighted by Crippen LogP contribution is 2.45. The average molecular weight is 483 g/mol. The number of ether oxygens (including phenoxy) is 3. The van der Waals surface area contributed by atoms with Crippen molar-refractivity contribution in [3.63, 3.8) is 0 Å². The molecule has 1 heterocycles. The summed E-state index contributed by atoms with van der Waals surface area (Å²) in [5.74, 6) is 0.687. The molecule has 2 aromatic carbocycles. The van der Waals surface area contributed by atoms with Gasteiger partial charge in [-0.1, -0.05) is 30.3 Å². The zero-order valence-corrected chi connectivity index (χ0v) is 18.9. The smallest absolute Gasteiger partial charge is 0.408 e. The van der Waals surface area contributed by atoms with Crippen LogP contribution in [0.3, 0.4) is 0 Å². The van der Waals surface area contributed by atoms with Crippen molar-refractivity contribution in [2.75, 3.05) is 40.4 Å². The van der Waals surface area contributed by atoms with Crippen LogP contribution in [-0.4, -0.2) is 51.5 Å². The van der Waals surface area contributed by atoms with Crippen LogP contribution in [0.4, 0.5) is 13.2 Å². The van der Waals surface area contributed by atoms with Crippen molar-refractivity contribution in [2.45, 2.75) is 18.8 Å². The van der Waals surface area contributed by atoms with Crippen molar-refractivity contribution in [2.24, 2.45) is 0 Å². The average Bonchev–Trinajstić information content (AvgIpc) is 2.73. The Balaban J connectivity index is 0.00000240. The number of alkyl halides is 3. The van der Waals surface area contributed by atoms with Crippen molar-refractivity contribution in [3.05, 3.63) is 53.6 Å². The number of hydrogen-bond donors (Lipinski definition) is 1. The van der Waals surface area contributed by atoms with E-state index in [9.17, 15) is 13.2 Å². The zero-order valence-electron chi connectivity index (χ0n) is 17.3. The van der Waals surface area contributed by atoms with E-state index in [1.807, 2.05) is 30.3 Å². The van der Waals surface area contributed by atoms with Crippen molar-refractivity contribution in [1.29, 1.82) is 0 Å². The predicted molar refractivity (Wildman–Crippen MR) is 118 cm³/mol. The van der Waals surface area contributed by atoms with Crippen LogP contribution < -0.4 is 19.5 Å². The molecule has 174 valence electrons. The van der Waals surface area contributed by atoms with Crippen LogP contribution in [0, 0.1) is 0 Å². The molecule has 3 rings (SSSR count). The van der Waals surface area contributed by atoms with Crippen LogP contribution in [0.2, 0.25) is 0 Å². The molecule has 10 heteroatoms. The Hall–Kier alpha value is -1.87. The van der Waals surface area contributed by atoms with E-state index in [0.717, 1.165) is 5.56 Å². The summed E-state index contributed by atoms with van der Waals surface area (Å²) < 4.78 is 58.9. The van der Waals surface area contributed by atoms with Gasteiger partial charge in [-0.05, 0) is 11.6 Å². The number of rotatable bonds is 7. The first kappa shape index (κ1) is 27.2. The van der Waals surface area contributed by atoms with E-state index in [1.165, 1.54) is 31.3 Å². The molecule has 0 aromatic heterocycles. The molecule has 1 N–H and O–H groups in total. The van der Waals surface area contributed by atoms with E-state index in [1.54, 1.807) is 0 Å². The third-order valence-electron chi connectivity index (χ3n) is 4.87. The van der Waals surface area contributed by atoms with Gasteiger partial charge in [0.2, 0.25) is 0 Å². The van der Waals surface area contributed by atoms with E-state index in [2.05, 4.69) is 5.32 Å². The van der Waals surface area contributed by atoms with Gasteiger partial charge in [0.1, 0.15) is 18.4 Å². The topological polar surface area (TPSA) is 43.0 Å². The quantitative estimate of drug-likeness (QED) is 0.622. The predicted octanol–water partition coefficient (Wildman–Crippen LogP) is 4.64. The van der Waals surface area contributed by atoms with Crippen LogP contribution in [0.5, 0.6) is 17.2 Å². The summed E-state index contributed by atoms with van der Waals surface area (Å²) >= 11 is 0. The Labute approximate surface area is 192 Å². The van der Waals surface area contributed by atoms with Gasteiger partial charge in [-0.15, -0.1) is 24.8 Å². The summed E-state index contributed by atoms with van der Waals surface area (Å²) in [5.41, 5.74) is 0.881. The molecule has 1 fully saturated rings. The molecular formula is C21H27Cl2F3N2O3. The molecule has 0 aliphatic carbocycles. The van der Waals surface area contributed by atoms with Crippen molar-refractivity contribution < 1.29 is 27.4 Å². The highest BCUT2D eigenvalue weighted by molar-refractivity contribution is 5.85. The summed E-state index contributed by atoms with van der Waals surface area (Å²) in [6.45, 7) is 1.73. The zero-order chi connectivity index (χ0) is 20.9. The number of benzene rings is 2. The lowest BCUT2D eigenvalue weighted by Crippen LogP contribution is -2.49. The summed E-state index contributed by atoms with van der Waals surface area (Å²) in [7, 11) is 2.84. The number of halogens is 5. The number of piperazine rings is 1. The fourth-order valence-electron chi connectivity index (χ4n) is 3.47. The van der Waals surface area contributed by atoms with E-state index in [4.69, 9.17) is 14.2 Å². The SMILES string of the molecule is COc1cc(OCc2ccccc2)c([C@@H](N2CCNCC2)C(F)(F)F)cc1OC.Cl.Cl. The molecular weight excluding hydrogens is 456 g/mol. The Bertz CT molecular complexity index is 804. The molecule has 1 saturated heterocycles. The fourth-order valence-corrected chi connectivity index (χ4v) is 3.47. The largest absolute Gasteiger partial charge is 0.493 e. The van der Waals surface area contributed by atoms with E-state index >= 15 is 0 Å². The molecule has 31 heavy (non-hydrogen) atoms. The standard InChI is InChI=1S/C21H25F3N2O3.2ClH/c1-27-18-12-16(20(21(22,23)24)26-10-8-25-9-11-26)17(13-19(18)28-2)29-14-15-6-4-3-5-7-15;;/h3-7,12-13,20,25H,8-11,14H2,1-2H3;2*1H/t20-;;/m1../s1. The summed E-state index contributed by atoms with van der Waals surface area (Å²) in [4.78, 5) is 1.42. The Morgan fingerprint density at radius 2 is 1.52 bits per heavy atom. The summed E-state index contributed by atoms with van der Waals surface area (Å²) in [6.07, 6.45) is -4.47. The van der Waals surface area contributed by atoms with Gasteiger partial charge < -0.3 is 19.5 Å². The molecule has 0 bridgehead atoms. The fraction of sp³-hybridized carbons (Fsp3) is 0.429. The lowest BCUT2D eigenvalue weighted by atomic mass is 10.0. The van der Waals surface area contributed by atoms with Gasteiger partial charge in [0.25, 0.3) is 0 Å². The van der Waals surface area contributed by atoms with Gasteiger partial charge in [0, 0.05) is 37.8 Å². The number of nitrogens with zero attached hydrogens (tertiary/aromatic N) is 1. The Kier molecular flexibility index (Phi) is 10.7. The minimum Gasteiger partial charge on any atom is -0.493 e. The van der Waals surface area contributed by atoms with Crippen LogP contribution in [0.15, 0.2) is 42.5 Å². The minimum atomic E-state index is -4.47. The van der Waals surface area contributed by atoms with Gasteiger partial charge >= 0.3 is 6.18 Å². The normalized spacial score (nSPS) is 15.3. The summed E-state index contributed by atoms with van der Waals surface area (Å²) in [5, 5.41) is 3.09. The van der Waals surface area contributed by atoms with Crippen LogP contribution in [0.1, 0.15) is 17.2 Å². The first-order chi connectivity index (χ1) is 13.9. The Morgan fingerprint density at radius 3 is 2.06 bits per heavy atom. The lowest BCUT2D eigenvalue weighted by Gasteiger charge is -2.37. The lowest BCUT2D eigenvalue weighted by molar-refractivity contribution is -0.188. The first-order valence-electron chi connectivity index (χ1n) is 9.38. The summed E-state index contributed by atoms with van der Waals surface area (Å²) in [6, 6.07) is 10.3. The second kappa shape index (κ2) is 12.2. The number of hydrogen-bond acceptors (Lipinski definition) is 5. The molecule has 0 saturated carbocycles. The van der Waals surface area contributed by atoms with Gasteiger partial charge in [0.05, 0.1) is 14.2 Å².